The van der Waals surface area contributed by atoms with Crippen molar-refractivity contribution in [3.63, 3.8) is 0 Å². The van der Waals surface area contributed by atoms with Gasteiger partial charge in [0.1, 0.15) is 5.82 Å². The van der Waals surface area contributed by atoms with Crippen LogP contribution >= 0.6 is 0 Å². The molecule has 0 radical (unpaired) electrons. The Morgan fingerprint density at radius 1 is 1.00 bits per heavy atom. The summed E-state index contributed by atoms with van der Waals surface area (Å²) in [4.78, 5) is 0. The number of ether oxygens (including phenoxy) is 2. The molecule has 0 fully saturated rings. The van der Waals surface area contributed by atoms with Crippen molar-refractivity contribution in [1.29, 1.82) is 0 Å². The molecule has 0 aromatic heterocycles. The number of fused-ring (bicyclic) bond motifs is 1. The number of rotatable bonds is 9. The molecule has 4 rings (SSSR count). The van der Waals surface area contributed by atoms with Crippen LogP contribution in [0.2, 0.25) is 0 Å². The van der Waals surface area contributed by atoms with Crippen LogP contribution in [0.15, 0.2) is 66.7 Å². The Bertz CT molecular complexity index is 1110. The van der Waals surface area contributed by atoms with Crippen LogP contribution in [0.25, 0.3) is 0 Å². The van der Waals surface area contributed by atoms with Gasteiger partial charge in [-0.3, -0.25) is 0 Å². The maximum Gasteiger partial charge on any atom is 0.231 e. The van der Waals surface area contributed by atoms with Gasteiger partial charge in [-0.05, 0) is 73.2 Å². The van der Waals surface area contributed by atoms with Gasteiger partial charge >= 0.3 is 0 Å². The lowest BCUT2D eigenvalue weighted by Crippen LogP contribution is -2.24. The lowest BCUT2D eigenvalue weighted by Gasteiger charge is -2.29. The molecule has 0 spiro atoms. The first-order valence-corrected chi connectivity index (χ1v) is 11.1. The zero-order valence-electron chi connectivity index (χ0n) is 18.4. The van der Waals surface area contributed by atoms with Crippen LogP contribution < -0.4 is 14.8 Å². The predicted octanol–water partition coefficient (Wildman–Crippen LogP) is 6.99. The average Bonchev–Trinajstić information content (AvgIpc) is 3.29. The van der Waals surface area contributed by atoms with Crippen LogP contribution in [-0.2, 0) is 11.8 Å². The lowest BCUT2D eigenvalue weighted by molar-refractivity contribution is 0.174. The summed E-state index contributed by atoms with van der Waals surface area (Å²) in [6.07, 6.45) is 10.5. The molecule has 1 aliphatic heterocycles. The summed E-state index contributed by atoms with van der Waals surface area (Å²) < 4.78 is 25.4. The zero-order chi connectivity index (χ0) is 22.4. The van der Waals surface area contributed by atoms with Gasteiger partial charge in [-0.15, -0.1) is 6.42 Å². The van der Waals surface area contributed by atoms with Crippen LogP contribution in [0.3, 0.4) is 0 Å². The maximum absolute atomic E-state index is 14.3. The molecule has 0 bridgehead atoms. The van der Waals surface area contributed by atoms with E-state index < -0.39 is 0 Å². The van der Waals surface area contributed by atoms with Gasteiger partial charge < -0.3 is 14.8 Å². The lowest BCUT2D eigenvalue weighted by atomic mass is 9.73. The zero-order valence-corrected chi connectivity index (χ0v) is 18.4. The van der Waals surface area contributed by atoms with Crippen molar-refractivity contribution < 1.29 is 13.9 Å². The molecule has 3 aromatic rings. The molecular weight excluding hydrogens is 401 g/mol. The summed E-state index contributed by atoms with van der Waals surface area (Å²) in [6.45, 7) is 2.40. The first kappa shape index (κ1) is 21.8. The summed E-state index contributed by atoms with van der Waals surface area (Å²) in [6, 6.07) is 20.9. The summed E-state index contributed by atoms with van der Waals surface area (Å²) in [5.41, 5.74) is 3.16. The third-order valence-electron chi connectivity index (χ3n) is 6.03. The Morgan fingerprint density at radius 2 is 1.81 bits per heavy atom. The first-order chi connectivity index (χ1) is 15.6. The van der Waals surface area contributed by atoms with E-state index in [4.69, 9.17) is 15.9 Å². The Labute approximate surface area is 189 Å². The largest absolute Gasteiger partial charge is 0.454 e. The van der Waals surface area contributed by atoms with Gasteiger partial charge in [0, 0.05) is 5.69 Å². The molecule has 0 saturated heterocycles. The number of terminal acetylenes is 1. The molecule has 1 aliphatic rings. The van der Waals surface area contributed by atoms with Gasteiger partial charge in [-0.25, -0.2) is 4.39 Å². The topological polar surface area (TPSA) is 30.5 Å². The van der Waals surface area contributed by atoms with Crippen LogP contribution in [-0.4, -0.2) is 6.79 Å². The number of halogens is 1. The molecule has 1 heterocycles. The van der Waals surface area contributed by atoms with Crippen molar-refractivity contribution in [3.8, 4) is 23.8 Å². The Balaban J connectivity index is 1.47. The summed E-state index contributed by atoms with van der Waals surface area (Å²) in [7, 11) is 0. The van der Waals surface area contributed by atoms with E-state index in [0.717, 1.165) is 60.4 Å². The molecule has 3 aromatic carbocycles. The smallest absolute Gasteiger partial charge is 0.231 e. The van der Waals surface area contributed by atoms with E-state index in [9.17, 15) is 4.39 Å². The van der Waals surface area contributed by atoms with E-state index in [1.54, 1.807) is 0 Å². The van der Waals surface area contributed by atoms with E-state index in [2.05, 4.69) is 24.2 Å². The second kappa shape index (κ2) is 9.78. The van der Waals surface area contributed by atoms with Crippen molar-refractivity contribution in [2.24, 2.45) is 0 Å². The molecule has 1 atom stereocenters. The summed E-state index contributed by atoms with van der Waals surface area (Å²) in [5.74, 6) is 4.36. The molecule has 0 aliphatic carbocycles. The van der Waals surface area contributed by atoms with Crippen LogP contribution in [0, 0.1) is 18.2 Å². The molecule has 164 valence electrons. The quantitative estimate of drug-likeness (QED) is 0.372. The third-order valence-corrected chi connectivity index (χ3v) is 6.03. The van der Waals surface area contributed by atoms with Crippen LogP contribution in [0.5, 0.6) is 11.5 Å². The SMILES string of the molecule is C#CC(CCC)(CCCc1ccc(F)c(Nc2ccccc2)c1)c1ccc2c(c1)OCO2. The summed E-state index contributed by atoms with van der Waals surface area (Å²) >= 11 is 0. The molecule has 1 N–H and O–H groups in total. The monoisotopic (exact) mass is 429 g/mol. The van der Waals surface area contributed by atoms with Gasteiger partial charge in [-0.1, -0.05) is 49.6 Å². The van der Waals surface area contributed by atoms with Crippen molar-refractivity contribution in [1.82, 2.24) is 0 Å². The Morgan fingerprint density at radius 3 is 2.59 bits per heavy atom. The minimum Gasteiger partial charge on any atom is -0.454 e. The number of anilines is 2. The molecule has 32 heavy (non-hydrogen) atoms. The molecule has 3 nitrogen and oxygen atoms in total. The highest BCUT2D eigenvalue weighted by molar-refractivity contribution is 5.60. The molecule has 0 saturated carbocycles. The van der Waals surface area contributed by atoms with Gasteiger partial charge in [0.2, 0.25) is 6.79 Å². The fraction of sp³-hybridized carbons (Fsp3) is 0.286. The van der Waals surface area contributed by atoms with Crippen molar-refractivity contribution in [2.45, 2.75) is 44.4 Å². The second-order valence-corrected chi connectivity index (χ2v) is 8.20. The highest BCUT2D eigenvalue weighted by atomic mass is 19.1. The number of para-hydroxylation sites is 1. The predicted molar refractivity (Wildman–Crippen MR) is 127 cm³/mol. The van der Waals surface area contributed by atoms with Crippen LogP contribution in [0.1, 0.15) is 43.7 Å². The van der Waals surface area contributed by atoms with E-state index in [1.165, 1.54) is 6.07 Å². The van der Waals surface area contributed by atoms with Crippen LogP contribution in [0.4, 0.5) is 15.8 Å². The van der Waals surface area contributed by atoms with Crippen molar-refractivity contribution in [2.75, 3.05) is 12.1 Å². The molecular formula is C28H28FNO2. The van der Waals surface area contributed by atoms with Crippen molar-refractivity contribution in [3.05, 3.63) is 83.7 Å². The van der Waals surface area contributed by atoms with Gasteiger partial charge in [0.15, 0.2) is 11.5 Å². The normalized spacial score (nSPS) is 13.9. The Kier molecular flexibility index (Phi) is 6.66. The van der Waals surface area contributed by atoms with Crippen molar-refractivity contribution >= 4 is 11.4 Å². The minimum atomic E-state index is -0.360. The standard InChI is InChI=1S/C28H28FNO2/c1-3-16-28(4-2,22-13-15-26-27(19-22)32-20-31-26)17-8-9-21-12-14-24(29)25(18-21)30-23-10-6-5-7-11-23/h2,5-7,10-15,18-19,30H,3,8-9,16-17,20H2,1H3. The van der Waals surface area contributed by atoms with E-state index in [-0.39, 0.29) is 18.0 Å². The fourth-order valence-corrected chi connectivity index (χ4v) is 4.36. The minimum absolute atomic E-state index is 0.250. The fourth-order valence-electron chi connectivity index (χ4n) is 4.36. The van der Waals surface area contributed by atoms with E-state index in [0.29, 0.717) is 5.69 Å². The maximum atomic E-state index is 14.3. The molecule has 4 heteroatoms. The first-order valence-electron chi connectivity index (χ1n) is 11.1. The average molecular weight is 430 g/mol. The van der Waals surface area contributed by atoms with Gasteiger partial charge in [0.25, 0.3) is 0 Å². The highest BCUT2D eigenvalue weighted by Gasteiger charge is 2.30. The molecule has 0 amide bonds. The number of hydrogen-bond acceptors (Lipinski definition) is 3. The third kappa shape index (κ3) is 4.73. The number of aryl methyl sites for hydroxylation is 1. The van der Waals surface area contributed by atoms with Gasteiger partial charge in [0.05, 0.1) is 11.1 Å². The van der Waals surface area contributed by atoms with E-state index >= 15 is 0 Å². The number of hydrogen-bond donors (Lipinski definition) is 1. The number of benzene rings is 3. The summed E-state index contributed by atoms with van der Waals surface area (Å²) in [5, 5.41) is 3.17. The van der Waals surface area contributed by atoms with Gasteiger partial charge in [-0.2, -0.15) is 0 Å². The highest BCUT2D eigenvalue weighted by Crippen LogP contribution is 2.40. The second-order valence-electron chi connectivity index (χ2n) is 8.20. The van der Waals surface area contributed by atoms with E-state index in [1.807, 2.05) is 54.6 Å². The number of nitrogens with one attached hydrogen (secondary N) is 1. The Hall–Kier alpha value is -3.45. The molecule has 1 unspecified atom stereocenters.